The average Bonchev–Trinajstić information content (AvgIpc) is 3.50. The van der Waals surface area contributed by atoms with Gasteiger partial charge in [-0.05, 0) is 55.2 Å². The van der Waals surface area contributed by atoms with Crippen LogP contribution in [0.4, 0.5) is 18.9 Å². The minimum atomic E-state index is -4.44. The molecule has 4 heterocycles. The molecule has 5 rings (SSSR count). The van der Waals surface area contributed by atoms with Gasteiger partial charge in [-0.2, -0.15) is 13.2 Å². The number of halogens is 3. The van der Waals surface area contributed by atoms with Crippen molar-refractivity contribution in [3.8, 4) is 0 Å². The molecule has 6 nitrogen and oxygen atoms in total. The fourth-order valence-corrected chi connectivity index (χ4v) is 5.20. The molecule has 32 heavy (non-hydrogen) atoms. The number of anilines is 1. The molecule has 1 aromatic carbocycles. The van der Waals surface area contributed by atoms with Gasteiger partial charge in [0.1, 0.15) is 0 Å². The minimum absolute atomic E-state index is 0.0344. The monoisotopic (exact) mass is 447 g/mol. The summed E-state index contributed by atoms with van der Waals surface area (Å²) in [5.41, 5.74) is 0.562. The zero-order valence-corrected chi connectivity index (χ0v) is 17.5. The van der Waals surface area contributed by atoms with Gasteiger partial charge in [0.2, 0.25) is 5.91 Å². The Morgan fingerprint density at radius 1 is 1.00 bits per heavy atom. The smallest absolute Gasteiger partial charge is 0.416 e. The Kier molecular flexibility index (Phi) is 5.14. The average molecular weight is 447 g/mol. The third-order valence-electron chi connectivity index (χ3n) is 6.79. The van der Waals surface area contributed by atoms with Crippen molar-refractivity contribution in [2.45, 2.75) is 31.5 Å². The number of likely N-dealkylation sites (tertiary alicyclic amines) is 1. The Bertz CT molecular complexity index is 1020. The van der Waals surface area contributed by atoms with E-state index in [2.05, 4.69) is 0 Å². The second kappa shape index (κ2) is 7.86. The highest BCUT2D eigenvalue weighted by Crippen LogP contribution is 2.40. The second-order valence-electron chi connectivity index (χ2n) is 8.67. The van der Waals surface area contributed by atoms with Crippen molar-refractivity contribution in [1.29, 1.82) is 0 Å². The van der Waals surface area contributed by atoms with Crippen LogP contribution in [-0.2, 0) is 17.4 Å². The van der Waals surface area contributed by atoms with Crippen LogP contribution in [0, 0.1) is 5.92 Å². The van der Waals surface area contributed by atoms with E-state index in [0.717, 1.165) is 24.6 Å². The Labute approximate surface area is 183 Å². The number of nitrogens with zero attached hydrogens (tertiary/aromatic N) is 3. The summed E-state index contributed by atoms with van der Waals surface area (Å²) < 4.78 is 45.2. The van der Waals surface area contributed by atoms with Crippen molar-refractivity contribution >= 4 is 17.5 Å². The molecule has 0 bridgehead atoms. The summed E-state index contributed by atoms with van der Waals surface area (Å²) in [5.74, 6) is -0.531. The van der Waals surface area contributed by atoms with Crippen LogP contribution in [0.5, 0.6) is 0 Å². The zero-order chi connectivity index (χ0) is 22.5. The fraction of sp³-hybridized carbons (Fsp3) is 0.478. The Morgan fingerprint density at radius 2 is 1.78 bits per heavy atom. The molecule has 2 atom stereocenters. The molecule has 0 saturated carbocycles. The van der Waals surface area contributed by atoms with Crippen LogP contribution in [0.2, 0.25) is 0 Å². The highest BCUT2D eigenvalue weighted by molar-refractivity contribution is 5.92. The molecule has 2 amide bonds. The molecular formula is C23H24F3N3O3. The van der Waals surface area contributed by atoms with E-state index in [0.29, 0.717) is 38.3 Å². The normalized spacial score (nSPS) is 23.2. The molecule has 2 aromatic rings. The van der Waals surface area contributed by atoms with Crippen LogP contribution >= 0.6 is 0 Å². The number of hydrogen-bond donors (Lipinski definition) is 0. The van der Waals surface area contributed by atoms with Crippen LogP contribution in [0.25, 0.3) is 0 Å². The molecule has 0 spiro atoms. The Hall–Kier alpha value is -2.97. The number of amides is 2. The lowest BCUT2D eigenvalue weighted by Crippen LogP contribution is -2.62. The first-order valence-corrected chi connectivity index (χ1v) is 10.9. The van der Waals surface area contributed by atoms with Crippen LogP contribution in [0.15, 0.2) is 41.0 Å². The number of carbonyl (C=O) groups is 2. The number of furan rings is 1. The molecule has 3 aliphatic heterocycles. The maximum atomic E-state index is 13.4. The van der Waals surface area contributed by atoms with Gasteiger partial charge < -0.3 is 19.1 Å². The van der Waals surface area contributed by atoms with Crippen molar-refractivity contribution in [1.82, 2.24) is 9.80 Å². The van der Waals surface area contributed by atoms with Gasteiger partial charge in [0, 0.05) is 38.4 Å². The number of benzene rings is 1. The van der Waals surface area contributed by atoms with Gasteiger partial charge in [-0.25, -0.2) is 0 Å². The molecule has 9 heteroatoms. The van der Waals surface area contributed by atoms with E-state index >= 15 is 0 Å². The van der Waals surface area contributed by atoms with Crippen LogP contribution in [0.3, 0.4) is 0 Å². The van der Waals surface area contributed by atoms with Crippen LogP contribution in [-0.4, -0.2) is 60.4 Å². The third kappa shape index (κ3) is 3.63. The molecule has 1 aromatic heterocycles. The molecule has 2 fully saturated rings. The summed E-state index contributed by atoms with van der Waals surface area (Å²) in [5, 5.41) is 0. The number of rotatable bonds is 2. The summed E-state index contributed by atoms with van der Waals surface area (Å²) in [7, 11) is 0. The van der Waals surface area contributed by atoms with E-state index in [9.17, 15) is 22.8 Å². The largest absolute Gasteiger partial charge is 0.459 e. The van der Waals surface area contributed by atoms with E-state index < -0.39 is 17.7 Å². The van der Waals surface area contributed by atoms with Gasteiger partial charge in [-0.1, -0.05) is 0 Å². The van der Waals surface area contributed by atoms with Gasteiger partial charge in [0.25, 0.3) is 5.91 Å². The molecule has 0 N–H and O–H groups in total. The van der Waals surface area contributed by atoms with Crippen molar-refractivity contribution in [3.05, 3.63) is 53.5 Å². The molecule has 2 unspecified atom stereocenters. The number of alkyl halides is 3. The van der Waals surface area contributed by atoms with Gasteiger partial charge in [0.05, 0.1) is 23.8 Å². The first kappa shape index (κ1) is 20.9. The lowest BCUT2D eigenvalue weighted by Gasteiger charge is -2.49. The topological polar surface area (TPSA) is 57.0 Å². The lowest BCUT2D eigenvalue weighted by molar-refractivity contribution is -0.137. The Balaban J connectivity index is 1.48. The molecular weight excluding hydrogens is 423 g/mol. The van der Waals surface area contributed by atoms with Crippen LogP contribution < -0.4 is 4.90 Å². The van der Waals surface area contributed by atoms with Gasteiger partial charge in [-0.3, -0.25) is 9.59 Å². The van der Waals surface area contributed by atoms with Crippen molar-refractivity contribution in [3.63, 3.8) is 0 Å². The zero-order valence-electron chi connectivity index (χ0n) is 17.5. The number of hydrogen-bond acceptors (Lipinski definition) is 4. The highest BCUT2D eigenvalue weighted by Gasteiger charge is 2.45. The number of fused-ring (bicyclic) bond motifs is 3. The second-order valence-corrected chi connectivity index (χ2v) is 8.67. The standard InChI is InChI=1S/C23H24F3N3O3/c24-23(25,26)16-5-6-18-15(12-16)13-17(21(30)27-7-1-2-8-27)19-14-28(9-10-29(18)19)22(31)20-4-3-11-32-20/h3-6,11-12,17,19H,1-2,7-10,13-14H2. The maximum Gasteiger partial charge on any atom is 0.416 e. The Morgan fingerprint density at radius 3 is 2.47 bits per heavy atom. The molecule has 0 aliphatic carbocycles. The first-order valence-electron chi connectivity index (χ1n) is 10.9. The van der Waals surface area contributed by atoms with E-state index in [1.807, 2.05) is 9.80 Å². The fourth-order valence-electron chi connectivity index (χ4n) is 5.20. The predicted molar refractivity (Wildman–Crippen MR) is 110 cm³/mol. The molecule has 0 radical (unpaired) electrons. The number of carbonyl (C=O) groups excluding carboxylic acids is 2. The summed E-state index contributed by atoms with van der Waals surface area (Å²) in [4.78, 5) is 31.8. The van der Waals surface area contributed by atoms with Gasteiger partial charge >= 0.3 is 6.18 Å². The lowest BCUT2D eigenvalue weighted by atomic mass is 9.82. The van der Waals surface area contributed by atoms with Crippen molar-refractivity contribution < 1.29 is 27.2 Å². The molecule has 170 valence electrons. The quantitative estimate of drug-likeness (QED) is 0.708. The SMILES string of the molecule is O=C(c1ccco1)N1CCN2c3ccc(C(F)(F)F)cc3CC(C(=O)N3CCCC3)C2C1. The highest BCUT2D eigenvalue weighted by atomic mass is 19.4. The first-order chi connectivity index (χ1) is 15.3. The molecule has 2 saturated heterocycles. The maximum absolute atomic E-state index is 13.4. The summed E-state index contributed by atoms with van der Waals surface area (Å²) >= 11 is 0. The van der Waals surface area contributed by atoms with E-state index in [1.54, 1.807) is 17.0 Å². The summed E-state index contributed by atoms with van der Waals surface area (Å²) in [6.07, 6.45) is -0.888. The van der Waals surface area contributed by atoms with Gasteiger partial charge in [-0.15, -0.1) is 0 Å². The number of piperazine rings is 1. The van der Waals surface area contributed by atoms with E-state index in [4.69, 9.17) is 4.42 Å². The minimum Gasteiger partial charge on any atom is -0.459 e. The summed E-state index contributed by atoms with van der Waals surface area (Å²) in [6, 6.07) is 6.75. The van der Waals surface area contributed by atoms with E-state index in [-0.39, 0.29) is 30.0 Å². The molecule has 3 aliphatic rings. The van der Waals surface area contributed by atoms with Crippen LogP contribution in [0.1, 0.15) is 34.5 Å². The third-order valence-corrected chi connectivity index (χ3v) is 6.79. The predicted octanol–water partition coefficient (Wildman–Crippen LogP) is 3.42. The summed E-state index contributed by atoms with van der Waals surface area (Å²) in [6.45, 7) is 2.52. The van der Waals surface area contributed by atoms with Crippen molar-refractivity contribution in [2.24, 2.45) is 5.92 Å². The van der Waals surface area contributed by atoms with Crippen molar-refractivity contribution in [2.75, 3.05) is 37.6 Å². The van der Waals surface area contributed by atoms with Gasteiger partial charge in [0.15, 0.2) is 5.76 Å². The van der Waals surface area contributed by atoms with E-state index in [1.165, 1.54) is 18.4 Å².